The molecular formula is C17H19N7O4. The van der Waals surface area contributed by atoms with Gasteiger partial charge in [-0.1, -0.05) is 30.3 Å². The highest BCUT2D eigenvalue weighted by Gasteiger charge is 2.45. The summed E-state index contributed by atoms with van der Waals surface area (Å²) in [4.78, 5) is 12.4. The second kappa shape index (κ2) is 7.48. The number of imidazole rings is 1. The van der Waals surface area contributed by atoms with E-state index in [1.54, 1.807) is 6.21 Å². The van der Waals surface area contributed by atoms with Crippen molar-refractivity contribution in [2.45, 2.75) is 24.5 Å². The van der Waals surface area contributed by atoms with Gasteiger partial charge >= 0.3 is 0 Å². The van der Waals surface area contributed by atoms with Crippen molar-refractivity contribution in [3.8, 4) is 0 Å². The number of aliphatic hydroxyl groups excluding tert-OH is 3. The molecule has 4 rings (SSSR count). The summed E-state index contributed by atoms with van der Waals surface area (Å²) < 4.78 is 7.04. The van der Waals surface area contributed by atoms with E-state index in [0.717, 1.165) is 5.56 Å². The Morgan fingerprint density at radius 1 is 1.21 bits per heavy atom. The monoisotopic (exact) mass is 385 g/mol. The van der Waals surface area contributed by atoms with Crippen molar-refractivity contribution in [2.24, 2.45) is 5.10 Å². The Labute approximate surface area is 159 Å². The normalized spacial score (nSPS) is 25.0. The van der Waals surface area contributed by atoms with Crippen LogP contribution in [-0.4, -0.2) is 66.0 Å². The minimum absolute atomic E-state index is 0.144. The van der Waals surface area contributed by atoms with Crippen LogP contribution in [0.25, 0.3) is 11.2 Å². The summed E-state index contributed by atoms with van der Waals surface area (Å²) in [6.45, 7) is -0.451. The molecular weight excluding hydrogens is 366 g/mol. The van der Waals surface area contributed by atoms with Crippen LogP contribution in [0.15, 0.2) is 41.8 Å². The van der Waals surface area contributed by atoms with E-state index in [2.05, 4.69) is 25.5 Å². The predicted octanol–water partition coefficient (Wildman–Crippen LogP) is -0.534. The number of fused-ring (bicyclic) bond motifs is 1. The van der Waals surface area contributed by atoms with E-state index < -0.39 is 31.1 Å². The first kappa shape index (κ1) is 18.3. The maximum absolute atomic E-state index is 10.4. The maximum atomic E-state index is 10.4. The van der Waals surface area contributed by atoms with E-state index in [9.17, 15) is 15.3 Å². The van der Waals surface area contributed by atoms with Crippen molar-refractivity contribution in [2.75, 3.05) is 17.8 Å². The van der Waals surface area contributed by atoms with E-state index in [0.29, 0.717) is 5.65 Å². The van der Waals surface area contributed by atoms with Crippen molar-refractivity contribution >= 4 is 29.1 Å². The van der Waals surface area contributed by atoms with Gasteiger partial charge in [-0.25, -0.2) is 20.4 Å². The van der Waals surface area contributed by atoms with Gasteiger partial charge in [0.1, 0.15) is 24.6 Å². The zero-order chi connectivity index (χ0) is 19.7. The first-order valence-corrected chi connectivity index (χ1v) is 8.55. The number of hydrazone groups is 1. The molecule has 6 N–H and O–H groups in total. The van der Waals surface area contributed by atoms with Crippen LogP contribution in [0, 0.1) is 0 Å². The molecule has 0 aliphatic carbocycles. The lowest BCUT2D eigenvalue weighted by molar-refractivity contribution is -0.0501. The third-order valence-corrected chi connectivity index (χ3v) is 4.45. The Kier molecular flexibility index (Phi) is 4.88. The van der Waals surface area contributed by atoms with Gasteiger partial charge in [-0.3, -0.25) is 4.57 Å². The molecule has 4 unspecified atom stereocenters. The summed E-state index contributed by atoms with van der Waals surface area (Å²) in [5.74, 6) is 0.329. The number of nitrogens with one attached hydrogen (secondary N) is 1. The second-order valence-corrected chi connectivity index (χ2v) is 6.25. The highest BCUT2D eigenvalue weighted by molar-refractivity contribution is 5.84. The Balaban J connectivity index is 1.73. The van der Waals surface area contributed by atoms with Gasteiger partial charge in [0.15, 0.2) is 23.2 Å². The summed E-state index contributed by atoms with van der Waals surface area (Å²) in [6.07, 6.45) is -1.74. The van der Waals surface area contributed by atoms with E-state index in [1.165, 1.54) is 10.9 Å². The van der Waals surface area contributed by atoms with Crippen LogP contribution in [0.5, 0.6) is 0 Å². The number of aromatic nitrogens is 4. The summed E-state index contributed by atoms with van der Waals surface area (Å²) in [6, 6.07) is 9.42. The molecule has 3 aromatic rings. The van der Waals surface area contributed by atoms with Gasteiger partial charge in [0, 0.05) is 0 Å². The molecule has 0 saturated carbocycles. The Bertz CT molecular complexity index is 994. The fraction of sp³-hybridized carbons (Fsp3) is 0.294. The van der Waals surface area contributed by atoms with E-state index in [4.69, 9.17) is 10.5 Å². The SMILES string of the molecule is Nc1ncnc2c1nc(N/N=C/c1ccccc1)n2C1OC(CO)C(O)C1O. The third-order valence-electron chi connectivity index (χ3n) is 4.45. The number of nitrogens with two attached hydrogens (primary N) is 1. The van der Waals surface area contributed by atoms with Crippen LogP contribution in [0.3, 0.4) is 0 Å². The van der Waals surface area contributed by atoms with Crippen LogP contribution < -0.4 is 11.2 Å². The molecule has 0 bridgehead atoms. The van der Waals surface area contributed by atoms with Crippen molar-refractivity contribution in [3.05, 3.63) is 42.2 Å². The fourth-order valence-electron chi connectivity index (χ4n) is 3.04. The second-order valence-electron chi connectivity index (χ2n) is 6.25. The number of rotatable bonds is 5. The smallest absolute Gasteiger partial charge is 0.228 e. The van der Waals surface area contributed by atoms with Gasteiger partial charge < -0.3 is 25.8 Å². The topological polar surface area (TPSA) is 164 Å². The molecule has 28 heavy (non-hydrogen) atoms. The highest BCUT2D eigenvalue weighted by atomic mass is 16.6. The zero-order valence-corrected chi connectivity index (χ0v) is 14.6. The molecule has 146 valence electrons. The summed E-state index contributed by atoms with van der Waals surface area (Å²) >= 11 is 0. The fourth-order valence-corrected chi connectivity index (χ4v) is 3.04. The Morgan fingerprint density at radius 3 is 2.71 bits per heavy atom. The molecule has 1 aromatic carbocycles. The lowest BCUT2D eigenvalue weighted by atomic mass is 10.1. The van der Waals surface area contributed by atoms with Gasteiger partial charge in [0.05, 0.1) is 12.8 Å². The largest absolute Gasteiger partial charge is 0.394 e. The van der Waals surface area contributed by atoms with Crippen molar-refractivity contribution < 1.29 is 20.1 Å². The highest BCUT2D eigenvalue weighted by Crippen LogP contribution is 2.35. The van der Waals surface area contributed by atoms with Crippen LogP contribution >= 0.6 is 0 Å². The van der Waals surface area contributed by atoms with Crippen molar-refractivity contribution in [3.63, 3.8) is 0 Å². The molecule has 0 radical (unpaired) electrons. The first-order chi connectivity index (χ1) is 13.6. The van der Waals surface area contributed by atoms with Crippen LogP contribution in [-0.2, 0) is 4.74 Å². The summed E-state index contributed by atoms with van der Waals surface area (Å²) in [7, 11) is 0. The van der Waals surface area contributed by atoms with Crippen LogP contribution in [0.2, 0.25) is 0 Å². The predicted molar refractivity (Wildman–Crippen MR) is 100 cm³/mol. The lowest BCUT2D eigenvalue weighted by Crippen LogP contribution is -2.33. The average molecular weight is 385 g/mol. The number of nitrogens with zero attached hydrogens (tertiary/aromatic N) is 5. The van der Waals surface area contributed by atoms with Crippen LogP contribution in [0.1, 0.15) is 11.8 Å². The minimum atomic E-state index is -1.32. The molecule has 1 aliphatic heterocycles. The number of ether oxygens (including phenoxy) is 1. The van der Waals surface area contributed by atoms with Crippen LogP contribution in [0.4, 0.5) is 11.8 Å². The van der Waals surface area contributed by atoms with Gasteiger partial charge in [-0.15, -0.1) is 0 Å². The summed E-state index contributed by atoms with van der Waals surface area (Å²) in [5.41, 5.74) is 10.1. The number of hydrogen-bond donors (Lipinski definition) is 5. The first-order valence-electron chi connectivity index (χ1n) is 8.55. The minimum Gasteiger partial charge on any atom is -0.394 e. The lowest BCUT2D eigenvalue weighted by Gasteiger charge is -2.18. The van der Waals surface area contributed by atoms with Gasteiger partial charge in [-0.2, -0.15) is 5.10 Å². The van der Waals surface area contributed by atoms with Crippen molar-refractivity contribution in [1.82, 2.24) is 19.5 Å². The average Bonchev–Trinajstić information content (AvgIpc) is 3.21. The van der Waals surface area contributed by atoms with Gasteiger partial charge in [-0.05, 0) is 5.56 Å². The Morgan fingerprint density at radius 2 is 2.00 bits per heavy atom. The van der Waals surface area contributed by atoms with Gasteiger partial charge in [0.25, 0.3) is 0 Å². The maximum Gasteiger partial charge on any atom is 0.228 e. The number of anilines is 2. The molecule has 2 aromatic heterocycles. The number of nitrogen functional groups attached to an aromatic ring is 1. The molecule has 3 heterocycles. The molecule has 1 aliphatic rings. The molecule has 4 atom stereocenters. The number of hydrogen-bond acceptors (Lipinski definition) is 10. The summed E-state index contributed by atoms with van der Waals surface area (Å²) in [5, 5.41) is 34.0. The zero-order valence-electron chi connectivity index (χ0n) is 14.6. The molecule has 1 fully saturated rings. The quantitative estimate of drug-likeness (QED) is 0.287. The number of aliphatic hydroxyl groups is 3. The van der Waals surface area contributed by atoms with Crippen molar-refractivity contribution in [1.29, 1.82) is 0 Å². The van der Waals surface area contributed by atoms with Gasteiger partial charge in [0.2, 0.25) is 5.95 Å². The van der Waals surface area contributed by atoms with E-state index in [1.807, 2.05) is 30.3 Å². The molecule has 11 heteroatoms. The van der Waals surface area contributed by atoms with E-state index >= 15 is 0 Å². The Hall–Kier alpha value is -3.12. The third kappa shape index (κ3) is 3.16. The van der Waals surface area contributed by atoms with E-state index in [-0.39, 0.29) is 17.3 Å². The standard InChI is InChI=1S/C17H19N7O4/c18-14-11-15(20-8-19-14)24(16-13(27)12(26)10(7-25)28-16)17(22-11)23-21-6-9-4-2-1-3-5-9/h1-6,8,10,12-13,16,25-27H,7H2,(H,22,23)(H2,18,19,20)/b21-6+. The number of benzene rings is 1. The molecule has 1 saturated heterocycles. The molecule has 0 amide bonds. The molecule has 11 nitrogen and oxygen atoms in total. The molecule has 0 spiro atoms.